The number of thiazole rings is 1. The van der Waals surface area contributed by atoms with Crippen molar-refractivity contribution in [2.75, 3.05) is 12.4 Å². The lowest BCUT2D eigenvalue weighted by molar-refractivity contribution is -0.140. The summed E-state index contributed by atoms with van der Waals surface area (Å²) < 4.78 is 4.64. The van der Waals surface area contributed by atoms with Gasteiger partial charge in [0.15, 0.2) is 5.13 Å². The fourth-order valence-corrected chi connectivity index (χ4v) is 3.88. The first-order chi connectivity index (χ1) is 9.56. The molecule has 1 fully saturated rings. The van der Waals surface area contributed by atoms with Crippen molar-refractivity contribution in [2.24, 2.45) is 11.8 Å². The molecule has 0 spiro atoms. The molecule has 4 nitrogen and oxygen atoms in total. The maximum absolute atomic E-state index is 11.1. The summed E-state index contributed by atoms with van der Waals surface area (Å²) in [6.45, 7) is 4.65. The van der Waals surface area contributed by atoms with Gasteiger partial charge in [0.25, 0.3) is 0 Å². The first-order valence-electron chi connectivity index (χ1n) is 7.34. The smallest absolute Gasteiger partial charge is 0.305 e. The number of ether oxygens (including phenoxy) is 1. The molecule has 5 heteroatoms. The maximum atomic E-state index is 11.1. The number of hydrogen-bond acceptors (Lipinski definition) is 5. The molecule has 2 rings (SSSR count). The number of methoxy groups -OCH3 is 1. The van der Waals surface area contributed by atoms with Gasteiger partial charge in [0.2, 0.25) is 0 Å². The second kappa shape index (κ2) is 7.07. The Kier molecular flexibility index (Phi) is 5.40. The molecule has 1 saturated carbocycles. The van der Waals surface area contributed by atoms with Crippen LogP contribution < -0.4 is 5.32 Å². The van der Waals surface area contributed by atoms with Gasteiger partial charge in [0, 0.05) is 17.8 Å². The van der Waals surface area contributed by atoms with Crippen LogP contribution in [0.2, 0.25) is 0 Å². The first-order valence-corrected chi connectivity index (χ1v) is 8.22. The van der Waals surface area contributed by atoms with Crippen LogP contribution in [0.5, 0.6) is 0 Å². The highest BCUT2D eigenvalue weighted by molar-refractivity contribution is 7.13. The molecule has 0 saturated heterocycles. The maximum Gasteiger partial charge on any atom is 0.305 e. The quantitative estimate of drug-likeness (QED) is 0.845. The fraction of sp³-hybridized carbons (Fsp3) is 0.733. The minimum atomic E-state index is -0.178. The molecule has 0 aliphatic heterocycles. The van der Waals surface area contributed by atoms with Gasteiger partial charge < -0.3 is 10.1 Å². The summed E-state index contributed by atoms with van der Waals surface area (Å²) in [5.74, 6) is 1.40. The van der Waals surface area contributed by atoms with Gasteiger partial charge in [-0.1, -0.05) is 13.8 Å². The molecule has 1 aliphatic rings. The third kappa shape index (κ3) is 4.47. The Morgan fingerprint density at radius 2 is 2.10 bits per heavy atom. The normalized spacial score (nSPS) is 26.2. The van der Waals surface area contributed by atoms with Crippen molar-refractivity contribution in [3.8, 4) is 0 Å². The van der Waals surface area contributed by atoms with Crippen molar-refractivity contribution in [2.45, 2.75) is 52.0 Å². The SMILES string of the molecule is COC(=O)CCc1csc(NC2CC(C)CC(C)C2)n1. The standard InChI is InChI=1S/C15H24N2O2S/c1-10-6-11(2)8-13(7-10)17-15-16-12(9-20-15)4-5-14(18)19-3/h9-11,13H,4-8H2,1-3H3,(H,16,17). The van der Waals surface area contributed by atoms with E-state index in [1.807, 2.05) is 5.38 Å². The monoisotopic (exact) mass is 296 g/mol. The van der Waals surface area contributed by atoms with Crippen molar-refractivity contribution in [3.63, 3.8) is 0 Å². The largest absolute Gasteiger partial charge is 0.469 e. The van der Waals surface area contributed by atoms with E-state index in [0.717, 1.165) is 22.7 Å². The van der Waals surface area contributed by atoms with E-state index >= 15 is 0 Å². The van der Waals surface area contributed by atoms with E-state index in [4.69, 9.17) is 0 Å². The molecule has 1 N–H and O–H groups in total. The molecule has 0 aromatic carbocycles. The average Bonchev–Trinajstić information content (AvgIpc) is 2.82. The van der Waals surface area contributed by atoms with E-state index in [-0.39, 0.29) is 5.97 Å². The van der Waals surface area contributed by atoms with E-state index in [1.54, 1.807) is 11.3 Å². The van der Waals surface area contributed by atoms with Crippen molar-refractivity contribution < 1.29 is 9.53 Å². The number of hydrogen-bond donors (Lipinski definition) is 1. The van der Waals surface area contributed by atoms with Gasteiger partial charge in [-0.2, -0.15) is 0 Å². The molecule has 112 valence electrons. The Hall–Kier alpha value is -1.10. The van der Waals surface area contributed by atoms with E-state index in [9.17, 15) is 4.79 Å². The first kappa shape index (κ1) is 15.3. The zero-order valence-corrected chi connectivity index (χ0v) is 13.3. The Morgan fingerprint density at radius 1 is 1.40 bits per heavy atom. The fourth-order valence-electron chi connectivity index (χ4n) is 3.06. The van der Waals surface area contributed by atoms with Gasteiger partial charge in [-0.3, -0.25) is 4.79 Å². The second-order valence-electron chi connectivity index (χ2n) is 5.98. The van der Waals surface area contributed by atoms with Crippen LogP contribution in [-0.2, 0) is 16.0 Å². The van der Waals surface area contributed by atoms with Gasteiger partial charge >= 0.3 is 5.97 Å². The summed E-state index contributed by atoms with van der Waals surface area (Å²) in [6, 6.07) is 0.536. The molecule has 0 amide bonds. The Bertz CT molecular complexity index is 437. The highest BCUT2D eigenvalue weighted by atomic mass is 32.1. The van der Waals surface area contributed by atoms with Gasteiger partial charge in [-0.15, -0.1) is 11.3 Å². The third-order valence-corrected chi connectivity index (χ3v) is 4.69. The van der Waals surface area contributed by atoms with Crippen LogP contribution in [0.25, 0.3) is 0 Å². The molecular formula is C15H24N2O2S. The van der Waals surface area contributed by atoms with Crippen molar-refractivity contribution in [3.05, 3.63) is 11.1 Å². The lowest BCUT2D eigenvalue weighted by atomic mass is 9.80. The predicted octanol–water partition coefficient (Wildman–Crippen LogP) is 3.49. The molecule has 1 aromatic heterocycles. The minimum absolute atomic E-state index is 0.178. The zero-order chi connectivity index (χ0) is 14.5. The van der Waals surface area contributed by atoms with Crippen LogP contribution >= 0.6 is 11.3 Å². The Balaban J connectivity index is 1.84. The van der Waals surface area contributed by atoms with Crippen molar-refractivity contribution in [1.82, 2.24) is 4.98 Å². The molecule has 0 radical (unpaired) electrons. The molecule has 2 unspecified atom stereocenters. The lowest BCUT2D eigenvalue weighted by Gasteiger charge is -2.31. The number of nitrogens with one attached hydrogen (secondary N) is 1. The molecule has 2 atom stereocenters. The van der Waals surface area contributed by atoms with Crippen molar-refractivity contribution in [1.29, 1.82) is 0 Å². The summed E-state index contributed by atoms with van der Waals surface area (Å²) in [6.07, 6.45) is 4.84. The van der Waals surface area contributed by atoms with Crippen molar-refractivity contribution >= 4 is 22.4 Å². The zero-order valence-electron chi connectivity index (χ0n) is 12.5. The predicted molar refractivity (Wildman–Crippen MR) is 82.0 cm³/mol. The van der Waals surface area contributed by atoms with E-state index in [1.165, 1.54) is 26.4 Å². The van der Waals surface area contributed by atoms with Gasteiger partial charge in [0.05, 0.1) is 19.2 Å². The van der Waals surface area contributed by atoms with Crippen LogP contribution in [0.15, 0.2) is 5.38 Å². The van der Waals surface area contributed by atoms with E-state index < -0.39 is 0 Å². The number of aromatic nitrogens is 1. The number of anilines is 1. The number of esters is 1. The Morgan fingerprint density at radius 3 is 2.75 bits per heavy atom. The molecular weight excluding hydrogens is 272 g/mol. The molecule has 1 aliphatic carbocycles. The number of aryl methyl sites for hydroxylation is 1. The molecule has 1 aromatic rings. The van der Waals surface area contributed by atoms with Crippen LogP contribution in [0.4, 0.5) is 5.13 Å². The lowest BCUT2D eigenvalue weighted by Crippen LogP contribution is -2.30. The molecule has 1 heterocycles. The second-order valence-corrected chi connectivity index (χ2v) is 6.84. The van der Waals surface area contributed by atoms with E-state index in [2.05, 4.69) is 28.9 Å². The highest BCUT2D eigenvalue weighted by Gasteiger charge is 2.24. The van der Waals surface area contributed by atoms with E-state index in [0.29, 0.717) is 18.9 Å². The summed E-state index contributed by atoms with van der Waals surface area (Å²) >= 11 is 1.63. The number of nitrogens with zero attached hydrogens (tertiary/aromatic N) is 1. The topological polar surface area (TPSA) is 51.2 Å². The summed E-state index contributed by atoms with van der Waals surface area (Å²) in [5, 5.41) is 6.57. The number of rotatable bonds is 5. The molecule has 20 heavy (non-hydrogen) atoms. The summed E-state index contributed by atoms with van der Waals surface area (Å²) in [7, 11) is 1.42. The van der Waals surface area contributed by atoms with Gasteiger partial charge in [-0.05, 0) is 31.1 Å². The van der Waals surface area contributed by atoms with Crippen LogP contribution in [0.1, 0.15) is 45.2 Å². The highest BCUT2D eigenvalue weighted by Crippen LogP contribution is 2.31. The molecule has 0 bridgehead atoms. The minimum Gasteiger partial charge on any atom is -0.469 e. The Labute approximate surface area is 124 Å². The number of carbonyl (C=O) groups excluding carboxylic acids is 1. The van der Waals surface area contributed by atoms with Crippen LogP contribution in [0, 0.1) is 11.8 Å². The van der Waals surface area contributed by atoms with Gasteiger partial charge in [0.1, 0.15) is 0 Å². The summed E-state index contributed by atoms with van der Waals surface area (Å²) in [5.41, 5.74) is 0.972. The van der Waals surface area contributed by atoms with Crippen LogP contribution in [-0.4, -0.2) is 24.1 Å². The average molecular weight is 296 g/mol. The number of carbonyl (C=O) groups is 1. The summed E-state index contributed by atoms with van der Waals surface area (Å²) in [4.78, 5) is 15.7. The van der Waals surface area contributed by atoms with Crippen LogP contribution in [0.3, 0.4) is 0 Å². The third-order valence-electron chi connectivity index (χ3n) is 3.87. The van der Waals surface area contributed by atoms with Gasteiger partial charge in [-0.25, -0.2) is 4.98 Å².